The van der Waals surface area contributed by atoms with Crippen LogP contribution in [0.3, 0.4) is 0 Å². The second-order valence-electron chi connectivity index (χ2n) is 7.97. The number of aromatic nitrogens is 3. The summed E-state index contributed by atoms with van der Waals surface area (Å²) in [5.41, 5.74) is -2.84. The second-order valence-corrected chi connectivity index (χ2v) is 32.1. The lowest BCUT2D eigenvalue weighted by atomic mass is 10.2. The molecule has 0 saturated carbocycles. The molecule has 1 aromatic rings. The molecule has 0 aliphatic rings. The average Bonchev–Trinajstić information content (AvgIpc) is 2.80. The zero-order valence-electron chi connectivity index (χ0n) is 19.6. The molecule has 1 heterocycles. The Labute approximate surface area is 352 Å². The van der Waals surface area contributed by atoms with Crippen LogP contribution < -0.4 is 17.1 Å². The van der Waals surface area contributed by atoms with Crippen molar-refractivity contribution in [2.45, 2.75) is 74.3 Å². The highest BCUT2D eigenvalue weighted by molar-refractivity contribution is 9.31. The van der Waals surface area contributed by atoms with E-state index in [-0.39, 0.29) is 14.5 Å². The standard InChI is InChI=1S/C18H18Br15N3O3/c1-4-7(19)13(22,23)16(28,29)34-10(37)35(17(30,31)14(24,25)8(20)5-2)12(39)36(11(34)38)18(32,33)15(26,27)9(21)6-3/h7-9H,4-6H2,1-3H3. The normalized spacial score (nSPS) is 16.8. The summed E-state index contributed by atoms with van der Waals surface area (Å²) in [4.78, 5) is 42.1. The summed E-state index contributed by atoms with van der Waals surface area (Å²) in [5, 5.41) is 0. The first-order valence-corrected chi connectivity index (χ1v) is 22.8. The summed E-state index contributed by atoms with van der Waals surface area (Å²) >= 11 is 54.0. The first-order valence-electron chi connectivity index (χ1n) is 10.5. The van der Waals surface area contributed by atoms with Crippen molar-refractivity contribution in [1.29, 1.82) is 0 Å². The van der Waals surface area contributed by atoms with Crippen molar-refractivity contribution in [3.8, 4) is 0 Å². The summed E-state index contributed by atoms with van der Waals surface area (Å²) in [5.74, 6) is 0. The van der Waals surface area contributed by atoms with Gasteiger partial charge in [-0.2, -0.15) is 0 Å². The van der Waals surface area contributed by atoms with Gasteiger partial charge in [0.2, 0.25) is 0 Å². The van der Waals surface area contributed by atoms with E-state index in [1.54, 1.807) is 0 Å². The molecule has 0 amide bonds. The van der Waals surface area contributed by atoms with Crippen molar-refractivity contribution < 1.29 is 0 Å². The number of rotatable bonds is 12. The van der Waals surface area contributed by atoms with Gasteiger partial charge in [0.05, 0.1) is 0 Å². The minimum atomic E-state index is -1.62. The predicted molar refractivity (Wildman–Crippen MR) is 217 cm³/mol. The molecule has 0 saturated heterocycles. The molecule has 6 nitrogen and oxygen atoms in total. The molecule has 3 atom stereocenters. The molecule has 0 N–H and O–H groups in total. The van der Waals surface area contributed by atoms with Crippen molar-refractivity contribution in [1.82, 2.24) is 13.7 Å². The van der Waals surface area contributed by atoms with Crippen LogP contribution >= 0.6 is 239 Å². The van der Waals surface area contributed by atoms with E-state index >= 15 is 0 Å². The molecule has 39 heavy (non-hydrogen) atoms. The quantitative estimate of drug-likeness (QED) is 0.196. The number of hydrogen-bond acceptors (Lipinski definition) is 3. The van der Waals surface area contributed by atoms with Crippen molar-refractivity contribution in [2.24, 2.45) is 0 Å². The van der Waals surface area contributed by atoms with Crippen LogP contribution in [0.4, 0.5) is 0 Å². The molecule has 0 fully saturated rings. The third-order valence-electron chi connectivity index (χ3n) is 5.45. The van der Waals surface area contributed by atoms with E-state index in [9.17, 15) is 14.4 Å². The molecular weight excluding hydrogens is 1500 g/mol. The smallest absolute Gasteiger partial charge is 0.247 e. The summed E-state index contributed by atoms with van der Waals surface area (Å²) in [6.45, 7) is 5.78. The van der Waals surface area contributed by atoms with Gasteiger partial charge in [0.1, 0.15) is 9.70 Å². The Bertz CT molecular complexity index is 1040. The van der Waals surface area contributed by atoms with Crippen LogP contribution in [0.5, 0.6) is 0 Å². The lowest BCUT2D eigenvalue weighted by molar-refractivity contribution is 0.387. The van der Waals surface area contributed by atoms with Gasteiger partial charge in [-0.05, 0) is 115 Å². The Morgan fingerprint density at radius 2 is 0.615 bits per heavy atom. The molecule has 21 heteroatoms. The van der Waals surface area contributed by atoms with Crippen LogP contribution in [0.1, 0.15) is 40.0 Å². The monoisotopic (exact) mass is 1510 g/mol. The molecule has 0 radical (unpaired) electrons. The molecule has 0 aromatic carbocycles. The molecule has 0 aliphatic carbocycles. The number of halogens is 15. The van der Waals surface area contributed by atoms with Crippen molar-refractivity contribution in [2.75, 3.05) is 0 Å². The van der Waals surface area contributed by atoms with Crippen molar-refractivity contribution >= 4 is 239 Å². The summed E-state index contributed by atoms with van der Waals surface area (Å²) in [6, 6.07) is 0. The highest BCUT2D eigenvalue weighted by Crippen LogP contribution is 2.59. The van der Waals surface area contributed by atoms with E-state index < -0.39 is 36.8 Å². The fourth-order valence-corrected chi connectivity index (χ4v) is 12.4. The Morgan fingerprint density at radius 3 is 0.744 bits per heavy atom. The molecule has 0 bridgehead atoms. The fourth-order valence-electron chi connectivity index (χ4n) is 3.05. The van der Waals surface area contributed by atoms with Gasteiger partial charge in [-0.25, -0.2) is 28.1 Å². The molecule has 3 unspecified atom stereocenters. The third kappa shape index (κ3) is 7.76. The molecular formula is C18H18Br15N3O3. The summed E-state index contributed by atoms with van der Waals surface area (Å²) in [7, 11) is 0. The lowest BCUT2D eigenvalue weighted by Crippen LogP contribution is -2.68. The first kappa shape index (κ1) is 42.6. The van der Waals surface area contributed by atoms with Crippen LogP contribution in [0.15, 0.2) is 14.4 Å². The Balaban J connectivity index is 4.60. The number of alkyl halides is 15. The third-order valence-corrected chi connectivity index (χ3v) is 32.2. The fraction of sp³-hybridized carbons (Fsp3) is 0.833. The molecule has 1 aromatic heterocycles. The van der Waals surface area contributed by atoms with Crippen LogP contribution in [-0.2, 0) is 10.1 Å². The highest BCUT2D eigenvalue weighted by Gasteiger charge is 2.59. The largest absolute Gasteiger partial charge is 0.340 e. The van der Waals surface area contributed by atoms with Crippen LogP contribution in [0.2, 0.25) is 0 Å². The molecule has 0 spiro atoms. The highest BCUT2D eigenvalue weighted by atomic mass is 79.9. The van der Waals surface area contributed by atoms with Gasteiger partial charge in [-0.3, -0.25) is 0 Å². The van der Waals surface area contributed by atoms with Crippen LogP contribution in [0.25, 0.3) is 0 Å². The van der Waals surface area contributed by atoms with Crippen LogP contribution in [0, 0.1) is 0 Å². The SMILES string of the molecule is CCC(Br)C(Br)(Br)C(Br)(Br)n1c(=O)n(C(Br)(Br)C(Br)(Br)C(Br)CC)c(=O)n(C(Br)(Br)C(Br)(Br)C(Br)CC)c1=O. The lowest BCUT2D eigenvalue weighted by Gasteiger charge is -2.43. The topological polar surface area (TPSA) is 66.0 Å². The first-order chi connectivity index (χ1) is 17.3. The van der Waals surface area contributed by atoms with Gasteiger partial charge in [0, 0.05) is 14.5 Å². The maximum atomic E-state index is 14.4. The van der Waals surface area contributed by atoms with E-state index in [1.807, 2.05) is 20.8 Å². The molecule has 0 aliphatic heterocycles. The molecule has 228 valence electrons. The van der Waals surface area contributed by atoms with E-state index in [4.69, 9.17) is 0 Å². The zero-order chi connectivity index (χ0) is 31.3. The van der Waals surface area contributed by atoms with Gasteiger partial charge in [-0.15, -0.1) is 0 Å². The van der Waals surface area contributed by atoms with E-state index in [0.29, 0.717) is 19.3 Å². The zero-order valence-corrected chi connectivity index (χ0v) is 43.4. The van der Waals surface area contributed by atoms with Crippen LogP contribution in [-0.4, -0.2) is 37.9 Å². The maximum absolute atomic E-state index is 14.4. The van der Waals surface area contributed by atoms with Gasteiger partial charge in [0.25, 0.3) is 0 Å². The minimum absolute atomic E-state index is 0.309. The van der Waals surface area contributed by atoms with E-state index in [1.165, 1.54) is 0 Å². The summed E-state index contributed by atoms with van der Waals surface area (Å²) in [6.07, 6.45) is 1.79. The summed E-state index contributed by atoms with van der Waals surface area (Å²) < 4.78 is -5.63. The number of hydrogen-bond donors (Lipinski definition) is 0. The van der Waals surface area contributed by atoms with Crippen molar-refractivity contribution in [3.05, 3.63) is 31.5 Å². The Morgan fingerprint density at radius 1 is 0.462 bits per heavy atom. The van der Waals surface area contributed by atoms with Gasteiger partial charge in [0.15, 0.2) is 10.1 Å². The van der Waals surface area contributed by atoms with Gasteiger partial charge >= 0.3 is 17.1 Å². The van der Waals surface area contributed by atoms with E-state index in [0.717, 1.165) is 13.7 Å². The average molecular weight is 1520 g/mol. The van der Waals surface area contributed by atoms with E-state index in [2.05, 4.69) is 239 Å². The van der Waals surface area contributed by atoms with Gasteiger partial charge < -0.3 is 0 Å². The Kier molecular flexibility index (Phi) is 16.9. The molecule has 1 rings (SSSR count). The van der Waals surface area contributed by atoms with Gasteiger partial charge in [-0.1, -0.05) is 164 Å². The minimum Gasteiger partial charge on any atom is -0.247 e. The number of nitrogens with zero attached hydrogens (tertiary/aromatic N) is 3. The maximum Gasteiger partial charge on any atom is 0.340 e. The van der Waals surface area contributed by atoms with Crippen molar-refractivity contribution in [3.63, 3.8) is 0 Å². The Hall–Kier alpha value is 5.61. The second kappa shape index (κ2) is 15.4. The predicted octanol–water partition coefficient (Wildman–Crippen LogP) is 11.4.